The molecule has 4 atom stereocenters. The molecule has 1 aromatic carbocycles. The number of aliphatic hydroxyl groups excluding tert-OH is 1. The molecule has 0 aromatic heterocycles. The first kappa shape index (κ1) is 22.7. The average Bonchev–Trinajstić information content (AvgIpc) is 2.69. The summed E-state index contributed by atoms with van der Waals surface area (Å²) in [4.78, 5) is 23.7. The Labute approximate surface area is 171 Å². The van der Waals surface area contributed by atoms with Gasteiger partial charge in [0.25, 0.3) is 0 Å². The number of nitrogens with one attached hydrogen (secondary N) is 1. The highest BCUT2D eigenvalue weighted by atomic mass is 32.2. The van der Waals surface area contributed by atoms with E-state index in [0.717, 1.165) is 18.6 Å². The van der Waals surface area contributed by atoms with Crippen LogP contribution in [0.4, 0.5) is 0 Å². The van der Waals surface area contributed by atoms with Crippen molar-refractivity contribution in [3.8, 4) is 0 Å². The van der Waals surface area contributed by atoms with Crippen LogP contribution in [0, 0.1) is 0 Å². The summed E-state index contributed by atoms with van der Waals surface area (Å²) < 4.78 is 11.6. The van der Waals surface area contributed by atoms with Gasteiger partial charge in [0.2, 0.25) is 5.91 Å². The molecular formula is C21H31NO5S. The largest absolute Gasteiger partial charge is 0.456 e. The molecule has 0 spiro atoms. The molecule has 2 N–H and O–H groups in total. The van der Waals surface area contributed by atoms with Gasteiger partial charge in [0, 0.05) is 19.9 Å². The molecule has 1 fully saturated rings. The molecule has 4 unspecified atom stereocenters. The Kier molecular flexibility index (Phi) is 9.81. The molecule has 28 heavy (non-hydrogen) atoms. The van der Waals surface area contributed by atoms with E-state index in [-0.39, 0.29) is 12.0 Å². The maximum Gasteiger partial charge on any atom is 0.338 e. The van der Waals surface area contributed by atoms with Crippen molar-refractivity contribution in [3.05, 3.63) is 35.9 Å². The Morgan fingerprint density at radius 2 is 2.00 bits per heavy atom. The number of carbonyl (C=O) groups excluding carboxylic acids is 2. The lowest BCUT2D eigenvalue weighted by Gasteiger charge is -2.38. The van der Waals surface area contributed by atoms with E-state index < -0.39 is 23.6 Å². The van der Waals surface area contributed by atoms with Gasteiger partial charge >= 0.3 is 5.97 Å². The molecule has 1 saturated heterocycles. The molecule has 0 bridgehead atoms. The summed E-state index contributed by atoms with van der Waals surface area (Å²) in [5.74, 6) is 0.265. The summed E-state index contributed by atoms with van der Waals surface area (Å²) >= 11 is 1.54. The minimum atomic E-state index is -0.905. The van der Waals surface area contributed by atoms with Crippen molar-refractivity contribution >= 4 is 23.6 Å². The van der Waals surface area contributed by atoms with Crippen LogP contribution in [0.15, 0.2) is 30.3 Å². The summed E-state index contributed by atoms with van der Waals surface area (Å²) in [6.45, 7) is 3.94. The number of benzene rings is 1. The van der Waals surface area contributed by atoms with Crippen LogP contribution in [0.25, 0.3) is 0 Å². The van der Waals surface area contributed by atoms with E-state index in [9.17, 15) is 14.7 Å². The Balaban J connectivity index is 1.97. The van der Waals surface area contributed by atoms with Crippen LogP contribution in [0.3, 0.4) is 0 Å². The molecule has 2 rings (SSSR count). The third kappa shape index (κ3) is 7.45. The first-order valence-corrected chi connectivity index (χ1v) is 11.0. The fourth-order valence-electron chi connectivity index (χ4n) is 3.05. The standard InChI is InChI=1S/C21H31NO5S/c1-3-4-5-9-12-28-21-19(24)18(13-17(26-21)14-22-15(2)23)27-20(25)16-10-7-6-8-11-16/h6-8,10-11,17-19,21,24H,3-5,9,12-14H2,1-2H3,(H,22,23). The Hall–Kier alpha value is -1.57. The number of amides is 1. The van der Waals surface area contributed by atoms with Crippen molar-refractivity contribution in [2.75, 3.05) is 12.3 Å². The maximum absolute atomic E-state index is 12.4. The Morgan fingerprint density at radius 1 is 1.25 bits per heavy atom. The maximum atomic E-state index is 12.4. The van der Waals surface area contributed by atoms with Gasteiger partial charge in [0.1, 0.15) is 17.6 Å². The molecule has 0 saturated carbocycles. The first-order chi connectivity index (χ1) is 13.5. The number of thioether (sulfide) groups is 1. The molecule has 0 aliphatic carbocycles. The van der Waals surface area contributed by atoms with Crippen LogP contribution in [0.2, 0.25) is 0 Å². The van der Waals surface area contributed by atoms with Crippen LogP contribution < -0.4 is 5.32 Å². The molecule has 1 aliphatic rings. The lowest BCUT2D eigenvalue weighted by atomic mass is 10.0. The summed E-state index contributed by atoms with van der Waals surface area (Å²) in [6, 6.07) is 8.73. The summed E-state index contributed by atoms with van der Waals surface area (Å²) in [5, 5.41) is 13.5. The Bertz CT molecular complexity index is 612. The van der Waals surface area contributed by atoms with Crippen molar-refractivity contribution in [1.82, 2.24) is 5.32 Å². The molecule has 0 radical (unpaired) electrons. The van der Waals surface area contributed by atoms with E-state index >= 15 is 0 Å². The molecule has 1 aliphatic heterocycles. The van der Waals surface area contributed by atoms with Crippen LogP contribution >= 0.6 is 11.8 Å². The van der Waals surface area contributed by atoms with Gasteiger partial charge in [-0.3, -0.25) is 4.79 Å². The van der Waals surface area contributed by atoms with Gasteiger partial charge in [0.15, 0.2) is 0 Å². The lowest BCUT2D eigenvalue weighted by Crippen LogP contribution is -2.51. The van der Waals surface area contributed by atoms with Gasteiger partial charge in [-0.05, 0) is 24.3 Å². The highest BCUT2D eigenvalue weighted by Crippen LogP contribution is 2.31. The lowest BCUT2D eigenvalue weighted by molar-refractivity contribution is -0.140. The van der Waals surface area contributed by atoms with Gasteiger partial charge in [-0.25, -0.2) is 4.79 Å². The number of hydrogen-bond acceptors (Lipinski definition) is 6. The quantitative estimate of drug-likeness (QED) is 0.456. The summed E-state index contributed by atoms with van der Waals surface area (Å²) in [7, 11) is 0. The molecule has 7 heteroatoms. The van der Waals surface area contributed by atoms with Crippen LogP contribution in [0.1, 0.15) is 56.3 Å². The number of ether oxygens (including phenoxy) is 2. The van der Waals surface area contributed by atoms with Gasteiger partial charge in [-0.2, -0.15) is 0 Å². The fraction of sp³-hybridized carbons (Fsp3) is 0.619. The van der Waals surface area contributed by atoms with E-state index in [1.165, 1.54) is 19.8 Å². The number of esters is 1. The molecule has 1 aromatic rings. The zero-order valence-electron chi connectivity index (χ0n) is 16.6. The zero-order valence-corrected chi connectivity index (χ0v) is 17.5. The van der Waals surface area contributed by atoms with Crippen molar-refractivity contribution in [3.63, 3.8) is 0 Å². The normalized spacial score (nSPS) is 24.5. The third-order valence-corrected chi connectivity index (χ3v) is 5.85. The predicted molar refractivity (Wildman–Crippen MR) is 110 cm³/mol. The second-order valence-electron chi connectivity index (χ2n) is 7.03. The van der Waals surface area contributed by atoms with E-state index in [2.05, 4.69) is 12.2 Å². The monoisotopic (exact) mass is 409 g/mol. The van der Waals surface area contributed by atoms with Crippen LogP contribution in [-0.4, -0.2) is 53.0 Å². The predicted octanol–water partition coefficient (Wildman–Crippen LogP) is 3.14. The number of hydrogen-bond donors (Lipinski definition) is 2. The van der Waals surface area contributed by atoms with Gasteiger partial charge < -0.3 is 19.9 Å². The molecular weight excluding hydrogens is 378 g/mol. The van der Waals surface area contributed by atoms with Crippen LogP contribution in [-0.2, 0) is 14.3 Å². The topological polar surface area (TPSA) is 84.9 Å². The smallest absolute Gasteiger partial charge is 0.338 e. The minimum Gasteiger partial charge on any atom is -0.456 e. The van der Waals surface area contributed by atoms with Crippen molar-refractivity contribution in [1.29, 1.82) is 0 Å². The zero-order chi connectivity index (χ0) is 20.4. The second-order valence-corrected chi connectivity index (χ2v) is 8.24. The summed E-state index contributed by atoms with van der Waals surface area (Å²) in [6.07, 6.45) is 3.01. The van der Waals surface area contributed by atoms with Crippen molar-refractivity contribution in [2.45, 2.75) is 69.7 Å². The molecule has 1 heterocycles. The van der Waals surface area contributed by atoms with E-state index in [4.69, 9.17) is 9.47 Å². The molecule has 156 valence electrons. The van der Waals surface area contributed by atoms with Crippen molar-refractivity contribution < 1.29 is 24.2 Å². The van der Waals surface area contributed by atoms with Crippen LogP contribution in [0.5, 0.6) is 0 Å². The number of unbranched alkanes of at least 4 members (excludes halogenated alkanes) is 3. The number of carbonyl (C=O) groups is 2. The minimum absolute atomic E-state index is 0.142. The fourth-order valence-corrected chi connectivity index (χ4v) is 4.26. The first-order valence-electron chi connectivity index (χ1n) is 9.96. The van der Waals surface area contributed by atoms with E-state index in [0.29, 0.717) is 18.5 Å². The third-order valence-electron chi connectivity index (χ3n) is 4.61. The van der Waals surface area contributed by atoms with Gasteiger partial charge in [-0.1, -0.05) is 44.4 Å². The Morgan fingerprint density at radius 3 is 2.68 bits per heavy atom. The van der Waals surface area contributed by atoms with E-state index in [1.54, 1.807) is 36.0 Å². The van der Waals surface area contributed by atoms with E-state index in [1.807, 2.05) is 6.07 Å². The number of aliphatic hydroxyl groups is 1. The highest BCUT2D eigenvalue weighted by Gasteiger charge is 2.40. The molecule has 6 nitrogen and oxygen atoms in total. The van der Waals surface area contributed by atoms with Gasteiger partial charge in [0.05, 0.1) is 11.7 Å². The SMILES string of the molecule is CCCCCCSC1OC(CNC(C)=O)CC(OC(=O)c2ccccc2)C1O. The second kappa shape index (κ2) is 12.1. The summed E-state index contributed by atoms with van der Waals surface area (Å²) in [5.41, 5.74) is -0.0360. The van der Waals surface area contributed by atoms with Gasteiger partial charge in [-0.15, -0.1) is 11.8 Å². The molecule has 1 amide bonds. The highest BCUT2D eigenvalue weighted by molar-refractivity contribution is 7.99. The average molecular weight is 410 g/mol. The number of rotatable bonds is 10. The van der Waals surface area contributed by atoms with Crippen molar-refractivity contribution in [2.24, 2.45) is 0 Å².